The zero-order valence-corrected chi connectivity index (χ0v) is 15.4. The Morgan fingerprint density at radius 3 is 2.67 bits per heavy atom. The van der Waals surface area contributed by atoms with Crippen LogP contribution in [0.3, 0.4) is 0 Å². The number of rotatable bonds is 4. The van der Waals surface area contributed by atoms with Crippen LogP contribution in [0.5, 0.6) is 0 Å². The molecule has 0 aromatic heterocycles. The number of carbonyl (C=O) groups is 3. The molecule has 0 radical (unpaired) electrons. The predicted molar refractivity (Wildman–Crippen MR) is 105 cm³/mol. The topological polar surface area (TPSA) is 87.3 Å². The second-order valence-corrected chi connectivity index (χ2v) is 7.78. The lowest BCUT2D eigenvalue weighted by molar-refractivity contribution is -0.115. The molecule has 27 heavy (non-hydrogen) atoms. The van der Waals surface area contributed by atoms with Gasteiger partial charge in [-0.15, -0.1) is 11.8 Å². The van der Waals surface area contributed by atoms with Gasteiger partial charge in [0.1, 0.15) is 0 Å². The van der Waals surface area contributed by atoms with Crippen LogP contribution in [0, 0.1) is 0 Å². The number of hydrogen-bond donors (Lipinski definition) is 3. The van der Waals surface area contributed by atoms with Crippen LogP contribution in [0.4, 0.5) is 11.4 Å². The summed E-state index contributed by atoms with van der Waals surface area (Å²) in [5.74, 6) is 0.257. The van der Waals surface area contributed by atoms with Crippen LogP contribution in [0.2, 0.25) is 0 Å². The maximum absolute atomic E-state index is 12.6. The molecule has 1 heterocycles. The molecule has 7 heteroatoms. The molecule has 138 valence electrons. The fraction of sp³-hybridized carbons (Fsp3) is 0.250. The molecule has 0 bridgehead atoms. The predicted octanol–water partition coefficient (Wildman–Crippen LogP) is 3.27. The number of hydrogen-bond acceptors (Lipinski definition) is 4. The number of benzene rings is 2. The molecule has 2 aromatic rings. The van der Waals surface area contributed by atoms with Crippen molar-refractivity contribution in [2.24, 2.45) is 0 Å². The maximum Gasteiger partial charge on any atom is 0.255 e. The summed E-state index contributed by atoms with van der Waals surface area (Å²) < 4.78 is 0. The third-order valence-electron chi connectivity index (χ3n) is 4.40. The molecule has 1 fully saturated rings. The van der Waals surface area contributed by atoms with Crippen LogP contribution >= 0.6 is 11.8 Å². The summed E-state index contributed by atoms with van der Waals surface area (Å²) in [6.45, 7) is 0. The maximum atomic E-state index is 12.6. The van der Waals surface area contributed by atoms with Crippen molar-refractivity contribution in [1.29, 1.82) is 0 Å². The van der Waals surface area contributed by atoms with E-state index in [1.54, 1.807) is 48.2 Å². The molecule has 0 saturated heterocycles. The Balaban J connectivity index is 1.49. The highest BCUT2D eigenvalue weighted by Gasteiger charge is 2.24. The molecule has 0 atom stereocenters. The Morgan fingerprint density at radius 1 is 1.04 bits per heavy atom. The zero-order chi connectivity index (χ0) is 18.8. The summed E-state index contributed by atoms with van der Waals surface area (Å²) in [7, 11) is 0. The van der Waals surface area contributed by atoms with Gasteiger partial charge in [0.15, 0.2) is 0 Å². The van der Waals surface area contributed by atoms with Gasteiger partial charge >= 0.3 is 0 Å². The summed E-state index contributed by atoms with van der Waals surface area (Å²) in [6, 6.07) is 12.4. The highest BCUT2D eigenvalue weighted by atomic mass is 32.2. The molecule has 1 saturated carbocycles. The number of anilines is 2. The SMILES string of the molecule is O=C1CCSc2ccc(C(=O)Nc3cccc(C(=O)NC4CC4)c3)cc2N1. The van der Waals surface area contributed by atoms with Crippen molar-refractivity contribution >= 4 is 40.9 Å². The Kier molecular flexibility index (Phi) is 4.85. The third kappa shape index (κ3) is 4.31. The summed E-state index contributed by atoms with van der Waals surface area (Å²) in [4.78, 5) is 37.5. The van der Waals surface area contributed by atoms with Gasteiger partial charge in [0.25, 0.3) is 11.8 Å². The van der Waals surface area contributed by atoms with Crippen LogP contribution < -0.4 is 16.0 Å². The lowest BCUT2D eigenvalue weighted by atomic mass is 10.1. The van der Waals surface area contributed by atoms with Gasteiger partial charge < -0.3 is 16.0 Å². The van der Waals surface area contributed by atoms with Gasteiger partial charge in [0.2, 0.25) is 5.91 Å². The van der Waals surface area contributed by atoms with E-state index in [1.165, 1.54) is 0 Å². The van der Waals surface area contributed by atoms with Gasteiger partial charge in [0.05, 0.1) is 5.69 Å². The van der Waals surface area contributed by atoms with E-state index in [0.717, 1.165) is 23.5 Å². The molecule has 1 aliphatic heterocycles. The molecule has 0 spiro atoms. The van der Waals surface area contributed by atoms with Gasteiger partial charge in [-0.2, -0.15) is 0 Å². The van der Waals surface area contributed by atoms with Crippen LogP contribution in [-0.2, 0) is 4.79 Å². The summed E-state index contributed by atoms with van der Waals surface area (Å²) >= 11 is 1.59. The van der Waals surface area contributed by atoms with Gasteiger partial charge in [-0.05, 0) is 49.2 Å². The van der Waals surface area contributed by atoms with E-state index in [0.29, 0.717) is 28.9 Å². The molecule has 4 rings (SSSR count). The minimum absolute atomic E-state index is 0.0480. The number of amides is 3. The first-order valence-electron chi connectivity index (χ1n) is 8.87. The third-order valence-corrected chi connectivity index (χ3v) is 5.47. The normalized spacial score (nSPS) is 15.9. The minimum atomic E-state index is -0.291. The first-order chi connectivity index (χ1) is 13.1. The minimum Gasteiger partial charge on any atom is -0.349 e. The van der Waals surface area contributed by atoms with Crippen molar-refractivity contribution in [2.75, 3.05) is 16.4 Å². The van der Waals surface area contributed by atoms with Gasteiger partial charge in [-0.1, -0.05) is 6.07 Å². The molecule has 2 aliphatic rings. The molecule has 3 amide bonds. The van der Waals surface area contributed by atoms with Crippen molar-refractivity contribution in [3.05, 3.63) is 53.6 Å². The van der Waals surface area contributed by atoms with Gasteiger partial charge in [-0.3, -0.25) is 14.4 Å². The summed E-state index contributed by atoms with van der Waals surface area (Å²) in [5.41, 5.74) is 2.18. The van der Waals surface area contributed by atoms with E-state index < -0.39 is 0 Å². The van der Waals surface area contributed by atoms with E-state index in [-0.39, 0.29) is 23.8 Å². The molecule has 6 nitrogen and oxygen atoms in total. The Hall–Kier alpha value is -2.80. The lowest BCUT2D eigenvalue weighted by Gasteiger charge is -2.10. The second-order valence-electron chi connectivity index (χ2n) is 6.64. The van der Waals surface area contributed by atoms with Gasteiger partial charge in [0, 0.05) is 39.9 Å². The molecule has 1 aliphatic carbocycles. The molecule has 3 N–H and O–H groups in total. The Morgan fingerprint density at radius 2 is 1.85 bits per heavy atom. The van der Waals surface area contributed by atoms with Gasteiger partial charge in [-0.25, -0.2) is 0 Å². The molecule has 2 aromatic carbocycles. The van der Waals surface area contributed by atoms with E-state index in [2.05, 4.69) is 16.0 Å². The molecular weight excluding hydrogens is 362 g/mol. The van der Waals surface area contributed by atoms with Crippen molar-refractivity contribution in [3.8, 4) is 0 Å². The fourth-order valence-corrected chi connectivity index (χ4v) is 3.74. The van der Waals surface area contributed by atoms with E-state index in [1.807, 2.05) is 6.07 Å². The van der Waals surface area contributed by atoms with Crippen molar-refractivity contribution in [2.45, 2.75) is 30.2 Å². The smallest absolute Gasteiger partial charge is 0.255 e. The summed E-state index contributed by atoms with van der Waals surface area (Å²) in [5, 5.41) is 8.59. The van der Waals surface area contributed by atoms with Crippen LogP contribution in [0.25, 0.3) is 0 Å². The van der Waals surface area contributed by atoms with Crippen LogP contribution in [-0.4, -0.2) is 29.5 Å². The van der Waals surface area contributed by atoms with Crippen LogP contribution in [0.15, 0.2) is 47.4 Å². The largest absolute Gasteiger partial charge is 0.349 e. The monoisotopic (exact) mass is 381 g/mol. The van der Waals surface area contributed by atoms with Crippen molar-refractivity contribution in [1.82, 2.24) is 5.32 Å². The second kappa shape index (κ2) is 7.44. The quantitative estimate of drug-likeness (QED) is 0.759. The number of nitrogens with one attached hydrogen (secondary N) is 3. The summed E-state index contributed by atoms with van der Waals surface area (Å²) in [6.07, 6.45) is 2.50. The number of thioether (sulfide) groups is 1. The van der Waals surface area contributed by atoms with Crippen LogP contribution in [0.1, 0.15) is 40.0 Å². The van der Waals surface area contributed by atoms with E-state index >= 15 is 0 Å². The first kappa shape index (κ1) is 17.6. The number of fused-ring (bicyclic) bond motifs is 1. The molecular formula is C20H19N3O3S. The van der Waals surface area contributed by atoms with Crippen molar-refractivity contribution < 1.29 is 14.4 Å². The van der Waals surface area contributed by atoms with E-state index in [4.69, 9.17) is 0 Å². The van der Waals surface area contributed by atoms with Crippen molar-refractivity contribution in [3.63, 3.8) is 0 Å². The van der Waals surface area contributed by atoms with E-state index in [9.17, 15) is 14.4 Å². The average Bonchev–Trinajstić information content (AvgIpc) is 3.48. The average molecular weight is 381 g/mol. The number of carbonyl (C=O) groups excluding carboxylic acids is 3. The molecule has 0 unspecified atom stereocenters. The highest BCUT2D eigenvalue weighted by Crippen LogP contribution is 2.31. The zero-order valence-electron chi connectivity index (χ0n) is 14.6. The Bertz CT molecular complexity index is 924. The standard InChI is InChI=1S/C20H19N3O3S/c24-18-8-9-27-17-7-4-13(11-16(17)23-18)20(26)22-15-3-1-2-12(10-15)19(25)21-14-5-6-14/h1-4,7,10-11,14H,5-6,8-9H2,(H,21,25)(H,22,26)(H,23,24). The fourth-order valence-electron chi connectivity index (χ4n) is 2.80. The highest BCUT2D eigenvalue weighted by molar-refractivity contribution is 7.99. The lowest BCUT2D eigenvalue weighted by Crippen LogP contribution is -2.25. The first-order valence-corrected chi connectivity index (χ1v) is 9.86. The Labute approximate surface area is 161 Å².